The first-order valence-corrected chi connectivity index (χ1v) is 6.14. The summed E-state index contributed by atoms with van der Waals surface area (Å²) in [7, 11) is 0. The van der Waals surface area contributed by atoms with Gasteiger partial charge in [0.25, 0.3) is 0 Å². The Morgan fingerprint density at radius 1 is 0.909 bits per heavy atom. The van der Waals surface area contributed by atoms with Gasteiger partial charge < -0.3 is 21.7 Å². The summed E-state index contributed by atoms with van der Waals surface area (Å²) in [6, 6.07) is 5.39. The molecule has 1 aromatic heterocycles. The molecule has 8 nitrogen and oxygen atoms in total. The Balaban J connectivity index is 2.46. The van der Waals surface area contributed by atoms with E-state index in [1.165, 1.54) is 24.3 Å². The SMILES string of the molecule is Nc1cc(C(=O)O)c2nc3cc(C(=O)O)ccc3nc2c1N. The van der Waals surface area contributed by atoms with Gasteiger partial charge in [0.15, 0.2) is 0 Å². The third kappa shape index (κ3) is 1.94. The van der Waals surface area contributed by atoms with Crippen LogP contribution < -0.4 is 11.5 Å². The highest BCUT2D eigenvalue weighted by atomic mass is 16.4. The van der Waals surface area contributed by atoms with Crippen molar-refractivity contribution in [3.63, 3.8) is 0 Å². The number of benzene rings is 2. The zero-order chi connectivity index (χ0) is 16.0. The van der Waals surface area contributed by atoms with Crippen LogP contribution in [0.2, 0.25) is 0 Å². The highest BCUT2D eigenvalue weighted by molar-refractivity contribution is 6.09. The van der Waals surface area contributed by atoms with E-state index in [1.54, 1.807) is 0 Å². The number of carboxylic acid groups (broad SMARTS) is 2. The fourth-order valence-electron chi connectivity index (χ4n) is 2.16. The molecule has 2 aromatic carbocycles. The highest BCUT2D eigenvalue weighted by Gasteiger charge is 2.17. The fourth-order valence-corrected chi connectivity index (χ4v) is 2.16. The van der Waals surface area contributed by atoms with Crippen LogP contribution in [0.25, 0.3) is 22.1 Å². The van der Waals surface area contributed by atoms with Crippen molar-refractivity contribution in [1.29, 1.82) is 0 Å². The zero-order valence-electron chi connectivity index (χ0n) is 11.1. The van der Waals surface area contributed by atoms with Crippen LogP contribution in [0.3, 0.4) is 0 Å². The summed E-state index contributed by atoms with van der Waals surface area (Å²) >= 11 is 0. The standard InChI is InChI=1S/C14H10N4O4/c15-7-4-6(14(21)22)11-12(10(7)16)17-8-2-1-5(13(19)20)3-9(8)18-11/h1-4H,15-16H2,(H,19,20)(H,21,22). The molecule has 110 valence electrons. The summed E-state index contributed by atoms with van der Waals surface area (Å²) in [5, 5.41) is 18.3. The Kier molecular flexibility index (Phi) is 2.81. The van der Waals surface area contributed by atoms with Crippen molar-refractivity contribution in [2.45, 2.75) is 0 Å². The van der Waals surface area contributed by atoms with Gasteiger partial charge in [0.2, 0.25) is 0 Å². The van der Waals surface area contributed by atoms with Crippen molar-refractivity contribution in [1.82, 2.24) is 9.97 Å². The molecule has 0 spiro atoms. The summed E-state index contributed by atoms with van der Waals surface area (Å²) in [5.74, 6) is -2.33. The first-order valence-electron chi connectivity index (χ1n) is 6.14. The Bertz CT molecular complexity index is 968. The van der Waals surface area contributed by atoms with E-state index in [9.17, 15) is 14.7 Å². The molecule has 6 N–H and O–H groups in total. The predicted molar refractivity (Wildman–Crippen MR) is 79.8 cm³/mol. The normalized spacial score (nSPS) is 10.9. The molecule has 0 aliphatic heterocycles. The van der Waals surface area contributed by atoms with Gasteiger partial charge in [-0.05, 0) is 24.3 Å². The van der Waals surface area contributed by atoms with Gasteiger partial charge in [-0.15, -0.1) is 0 Å². The van der Waals surface area contributed by atoms with Crippen LogP contribution in [0, 0.1) is 0 Å². The first kappa shape index (κ1) is 13.6. The second-order valence-corrected chi connectivity index (χ2v) is 4.66. The minimum Gasteiger partial charge on any atom is -0.478 e. The lowest BCUT2D eigenvalue weighted by Gasteiger charge is -2.09. The largest absolute Gasteiger partial charge is 0.478 e. The van der Waals surface area contributed by atoms with Crippen LogP contribution in [0.5, 0.6) is 0 Å². The second kappa shape index (κ2) is 4.55. The van der Waals surface area contributed by atoms with Crippen LogP contribution >= 0.6 is 0 Å². The van der Waals surface area contributed by atoms with Gasteiger partial charge in [-0.2, -0.15) is 0 Å². The number of hydrogen-bond acceptors (Lipinski definition) is 6. The van der Waals surface area contributed by atoms with Crippen molar-refractivity contribution in [2.24, 2.45) is 0 Å². The Morgan fingerprint density at radius 3 is 2.23 bits per heavy atom. The second-order valence-electron chi connectivity index (χ2n) is 4.66. The molecule has 0 fully saturated rings. The zero-order valence-corrected chi connectivity index (χ0v) is 11.1. The molecule has 8 heteroatoms. The average molecular weight is 298 g/mol. The third-order valence-electron chi connectivity index (χ3n) is 3.26. The summed E-state index contributed by atoms with van der Waals surface area (Å²) in [5.41, 5.74) is 12.6. The van der Waals surface area contributed by atoms with Crippen LogP contribution in [-0.2, 0) is 0 Å². The van der Waals surface area contributed by atoms with Crippen molar-refractivity contribution < 1.29 is 19.8 Å². The first-order chi connectivity index (χ1) is 10.4. The number of nitrogens with zero attached hydrogens (tertiary/aromatic N) is 2. The number of aromatic nitrogens is 2. The van der Waals surface area contributed by atoms with Crippen molar-refractivity contribution in [3.05, 3.63) is 35.4 Å². The molecule has 1 heterocycles. The topological polar surface area (TPSA) is 152 Å². The molecule has 0 saturated carbocycles. The van der Waals surface area contributed by atoms with Crippen LogP contribution in [0.1, 0.15) is 20.7 Å². The summed E-state index contributed by atoms with van der Waals surface area (Å²) in [6.07, 6.45) is 0. The molecule has 0 unspecified atom stereocenters. The summed E-state index contributed by atoms with van der Waals surface area (Å²) in [4.78, 5) is 30.8. The predicted octanol–water partition coefficient (Wildman–Crippen LogP) is 1.34. The lowest BCUT2D eigenvalue weighted by molar-refractivity contribution is 0.0687. The molecule has 0 aliphatic carbocycles. The number of nitrogens with two attached hydrogens (primary N) is 2. The van der Waals surface area contributed by atoms with E-state index >= 15 is 0 Å². The molecule has 3 rings (SSSR count). The van der Waals surface area contributed by atoms with Gasteiger partial charge in [0, 0.05) is 0 Å². The molecule has 0 saturated heterocycles. The molecule has 0 atom stereocenters. The lowest BCUT2D eigenvalue weighted by Crippen LogP contribution is -2.06. The number of fused-ring (bicyclic) bond motifs is 2. The number of hydrogen-bond donors (Lipinski definition) is 4. The molecule has 0 aliphatic rings. The number of anilines is 2. The Hall–Kier alpha value is -3.42. The number of rotatable bonds is 2. The number of carboxylic acids is 2. The van der Waals surface area contributed by atoms with E-state index in [2.05, 4.69) is 9.97 Å². The van der Waals surface area contributed by atoms with Crippen molar-refractivity contribution in [2.75, 3.05) is 11.5 Å². The van der Waals surface area contributed by atoms with E-state index in [0.717, 1.165) is 0 Å². The van der Waals surface area contributed by atoms with Crippen LogP contribution in [0.15, 0.2) is 24.3 Å². The highest BCUT2D eigenvalue weighted by Crippen LogP contribution is 2.29. The van der Waals surface area contributed by atoms with Gasteiger partial charge in [0.1, 0.15) is 11.0 Å². The maximum atomic E-state index is 11.3. The monoisotopic (exact) mass is 298 g/mol. The molecule has 0 amide bonds. The minimum absolute atomic E-state index is 0.0291. The Morgan fingerprint density at radius 2 is 1.59 bits per heavy atom. The van der Waals surface area contributed by atoms with Gasteiger partial charge in [-0.1, -0.05) is 0 Å². The van der Waals surface area contributed by atoms with Crippen molar-refractivity contribution >= 4 is 45.4 Å². The van der Waals surface area contributed by atoms with Gasteiger partial charge in [-0.25, -0.2) is 19.6 Å². The molecule has 22 heavy (non-hydrogen) atoms. The summed E-state index contributed by atoms with van der Waals surface area (Å²) in [6.45, 7) is 0. The van der Waals surface area contributed by atoms with E-state index in [0.29, 0.717) is 5.52 Å². The van der Waals surface area contributed by atoms with E-state index < -0.39 is 11.9 Å². The molecule has 0 radical (unpaired) electrons. The van der Waals surface area contributed by atoms with Crippen LogP contribution in [-0.4, -0.2) is 32.1 Å². The van der Waals surface area contributed by atoms with Crippen molar-refractivity contribution in [3.8, 4) is 0 Å². The number of nitrogen functional groups attached to an aromatic ring is 2. The fraction of sp³-hybridized carbons (Fsp3) is 0. The van der Waals surface area contributed by atoms with Gasteiger partial charge >= 0.3 is 11.9 Å². The van der Waals surface area contributed by atoms with E-state index in [4.69, 9.17) is 16.6 Å². The van der Waals surface area contributed by atoms with E-state index in [1.807, 2.05) is 0 Å². The third-order valence-corrected chi connectivity index (χ3v) is 3.26. The Labute approximate surface area is 123 Å². The molecule has 0 bridgehead atoms. The summed E-state index contributed by atoms with van der Waals surface area (Å²) < 4.78 is 0. The van der Waals surface area contributed by atoms with Gasteiger partial charge in [-0.3, -0.25) is 0 Å². The quantitative estimate of drug-likeness (QED) is 0.408. The maximum absolute atomic E-state index is 11.3. The van der Waals surface area contributed by atoms with Crippen LogP contribution in [0.4, 0.5) is 11.4 Å². The lowest BCUT2D eigenvalue weighted by atomic mass is 10.1. The number of carbonyl (C=O) groups is 2. The maximum Gasteiger partial charge on any atom is 0.338 e. The van der Waals surface area contributed by atoms with E-state index in [-0.39, 0.29) is 39.1 Å². The smallest absolute Gasteiger partial charge is 0.338 e. The average Bonchev–Trinajstić information content (AvgIpc) is 2.48. The molecular formula is C14H10N4O4. The van der Waals surface area contributed by atoms with Gasteiger partial charge in [0.05, 0.1) is 33.5 Å². The molecular weight excluding hydrogens is 288 g/mol. The number of aromatic carboxylic acids is 2. The minimum atomic E-state index is -1.22. The molecule has 3 aromatic rings.